The molecule has 24 heavy (non-hydrogen) atoms. The lowest BCUT2D eigenvalue weighted by molar-refractivity contribution is -0.132. The van der Waals surface area contributed by atoms with Crippen molar-refractivity contribution in [2.75, 3.05) is 11.4 Å². The van der Waals surface area contributed by atoms with Gasteiger partial charge in [0.2, 0.25) is 5.16 Å². The number of carbonyl (C=O) groups is 2. The Hall–Kier alpha value is -2.13. The Morgan fingerprint density at radius 3 is 2.79 bits per heavy atom. The number of rotatable bonds is 4. The second kappa shape index (κ2) is 6.40. The third-order valence-electron chi connectivity index (χ3n) is 3.49. The fourth-order valence-electron chi connectivity index (χ4n) is 2.50. The number of carboxylic acids is 1. The van der Waals surface area contributed by atoms with Crippen molar-refractivity contribution in [1.82, 2.24) is 15.2 Å². The molecule has 0 aliphatic carbocycles. The van der Waals surface area contributed by atoms with Gasteiger partial charge >= 0.3 is 5.97 Å². The van der Waals surface area contributed by atoms with Gasteiger partial charge in [-0.05, 0) is 43.8 Å². The van der Waals surface area contributed by atoms with Gasteiger partial charge in [-0.15, -0.1) is 5.10 Å². The van der Waals surface area contributed by atoms with Crippen molar-refractivity contribution in [1.29, 1.82) is 0 Å². The molecular weight excluding hydrogens is 396 g/mol. The Labute approximate surface area is 150 Å². The van der Waals surface area contributed by atoms with E-state index in [0.717, 1.165) is 16.2 Å². The number of aryl methyl sites for hydroxylation is 1. The minimum absolute atomic E-state index is 0.0886. The van der Waals surface area contributed by atoms with Crippen molar-refractivity contribution in [3.05, 3.63) is 39.0 Å². The van der Waals surface area contributed by atoms with E-state index in [1.165, 1.54) is 0 Å². The number of hydrogen-bond donors (Lipinski definition) is 2. The van der Waals surface area contributed by atoms with Crippen LogP contribution in [0.4, 0.5) is 5.69 Å². The predicted molar refractivity (Wildman–Crippen MR) is 93.7 cm³/mol. The van der Waals surface area contributed by atoms with E-state index in [4.69, 9.17) is 0 Å². The number of carboxylic acid groups (broad SMARTS) is 1. The molecule has 0 atom stereocenters. The number of aliphatic carboxylic acids is 1. The van der Waals surface area contributed by atoms with Gasteiger partial charge in [0.1, 0.15) is 10.7 Å². The van der Waals surface area contributed by atoms with Crippen LogP contribution in [0.2, 0.25) is 0 Å². The maximum atomic E-state index is 12.8. The molecule has 0 fully saturated rings. The highest BCUT2D eigenvalue weighted by atomic mass is 79.9. The monoisotopic (exact) mass is 408 g/mol. The van der Waals surface area contributed by atoms with Gasteiger partial charge in [0.25, 0.3) is 5.91 Å². The van der Waals surface area contributed by atoms with Crippen molar-refractivity contribution in [2.45, 2.75) is 19.0 Å². The van der Waals surface area contributed by atoms with Crippen LogP contribution >= 0.6 is 27.7 Å². The highest BCUT2D eigenvalue weighted by Crippen LogP contribution is 2.43. The van der Waals surface area contributed by atoms with Gasteiger partial charge in [-0.2, -0.15) is 0 Å². The first-order valence-corrected chi connectivity index (χ1v) is 8.69. The van der Waals surface area contributed by atoms with E-state index in [1.807, 2.05) is 13.0 Å². The van der Waals surface area contributed by atoms with Crippen LogP contribution in [0.15, 0.2) is 32.7 Å². The minimum Gasteiger partial charge on any atom is -0.477 e. The molecule has 0 saturated heterocycles. The molecule has 1 amide bonds. The topological polar surface area (TPSA) is 99.2 Å². The van der Waals surface area contributed by atoms with Gasteiger partial charge in [0, 0.05) is 16.6 Å². The number of hydrogen-bond acceptors (Lipinski definition) is 5. The highest BCUT2D eigenvalue weighted by Gasteiger charge is 2.36. The van der Waals surface area contributed by atoms with Crippen molar-refractivity contribution in [3.63, 3.8) is 0 Å². The fraction of sp³-hybridized carbons (Fsp3) is 0.200. The Morgan fingerprint density at radius 1 is 1.46 bits per heavy atom. The summed E-state index contributed by atoms with van der Waals surface area (Å²) in [5.74, 6) is -0.944. The Kier molecular flexibility index (Phi) is 4.46. The summed E-state index contributed by atoms with van der Waals surface area (Å²) in [5.41, 5.74) is 1.45. The second-order valence-electron chi connectivity index (χ2n) is 5.03. The fourth-order valence-corrected chi connectivity index (χ4v) is 3.70. The van der Waals surface area contributed by atoms with E-state index >= 15 is 0 Å². The Bertz CT molecular complexity index is 877. The first kappa shape index (κ1) is 16.7. The average molecular weight is 409 g/mol. The van der Waals surface area contributed by atoms with Gasteiger partial charge in [-0.3, -0.25) is 9.89 Å². The summed E-state index contributed by atoms with van der Waals surface area (Å²) in [6.07, 6.45) is 0. The molecule has 0 spiro atoms. The molecule has 124 valence electrons. The number of benzene rings is 1. The van der Waals surface area contributed by atoms with Gasteiger partial charge in [0.15, 0.2) is 0 Å². The van der Waals surface area contributed by atoms with Crippen molar-refractivity contribution in [2.24, 2.45) is 0 Å². The third-order valence-corrected chi connectivity index (χ3v) is 4.93. The van der Waals surface area contributed by atoms with Crippen molar-refractivity contribution in [3.8, 4) is 0 Å². The molecular formula is C15H13BrN4O3S. The number of amides is 1. The Balaban J connectivity index is 2.19. The summed E-state index contributed by atoms with van der Waals surface area (Å²) in [4.78, 5) is 30.2. The van der Waals surface area contributed by atoms with Crippen LogP contribution in [0.25, 0.3) is 5.57 Å². The molecule has 0 unspecified atom stereocenters. The number of halogens is 1. The van der Waals surface area contributed by atoms with E-state index < -0.39 is 5.97 Å². The van der Waals surface area contributed by atoms with Crippen LogP contribution < -0.4 is 4.90 Å². The number of nitrogens with zero attached hydrogens (tertiary/aromatic N) is 3. The molecule has 2 heterocycles. The number of anilines is 1. The van der Waals surface area contributed by atoms with Crippen molar-refractivity contribution < 1.29 is 14.7 Å². The summed E-state index contributed by atoms with van der Waals surface area (Å²) < 4.78 is 0.771. The van der Waals surface area contributed by atoms with Crippen molar-refractivity contribution >= 4 is 50.8 Å². The normalized spacial score (nSPS) is 15.6. The summed E-state index contributed by atoms with van der Waals surface area (Å²) in [5, 5.41) is 16.5. The summed E-state index contributed by atoms with van der Waals surface area (Å²) in [7, 11) is 0. The minimum atomic E-state index is -1.19. The standard InChI is InChI=1S/C15H13BrN4O3S/c1-3-20-10-5-4-8(16)6-9(10)11(13(20)21)12(14(22)23)24-15-17-7(2)18-19-15/h4-6H,3H2,1-2H3,(H,22,23)(H,17,18,19). The largest absolute Gasteiger partial charge is 0.477 e. The molecule has 3 rings (SSSR count). The number of likely N-dealkylation sites (N-methyl/N-ethyl adjacent to an activating group) is 1. The van der Waals surface area contributed by atoms with Crippen LogP contribution in [0.1, 0.15) is 18.3 Å². The van der Waals surface area contributed by atoms with Crippen LogP contribution in [0, 0.1) is 6.92 Å². The zero-order chi connectivity index (χ0) is 17.4. The van der Waals surface area contributed by atoms with E-state index in [1.54, 1.807) is 24.0 Å². The zero-order valence-electron chi connectivity index (χ0n) is 12.8. The lowest BCUT2D eigenvalue weighted by Crippen LogP contribution is -2.26. The quantitative estimate of drug-likeness (QED) is 0.595. The first-order valence-electron chi connectivity index (χ1n) is 7.08. The summed E-state index contributed by atoms with van der Waals surface area (Å²) in [6.45, 7) is 4.02. The van der Waals surface area contributed by atoms with E-state index in [0.29, 0.717) is 23.6 Å². The molecule has 0 saturated carbocycles. The first-order chi connectivity index (χ1) is 11.4. The van der Waals surface area contributed by atoms with Crippen LogP contribution in [0.5, 0.6) is 0 Å². The molecule has 9 heteroatoms. The molecule has 1 aromatic carbocycles. The van der Waals surface area contributed by atoms with Gasteiger partial charge in [-0.25, -0.2) is 9.78 Å². The van der Waals surface area contributed by atoms with E-state index in [2.05, 4.69) is 31.1 Å². The smallest absolute Gasteiger partial charge is 0.343 e. The molecule has 2 N–H and O–H groups in total. The number of carbonyl (C=O) groups excluding carboxylic acids is 1. The van der Waals surface area contributed by atoms with Crippen LogP contribution in [-0.4, -0.2) is 38.7 Å². The molecule has 0 bridgehead atoms. The summed E-state index contributed by atoms with van der Waals surface area (Å²) in [6, 6.07) is 5.38. The lowest BCUT2D eigenvalue weighted by atomic mass is 10.1. The molecule has 2 aromatic rings. The van der Waals surface area contributed by atoms with Gasteiger partial charge in [0.05, 0.1) is 11.3 Å². The van der Waals surface area contributed by atoms with Gasteiger partial charge in [-0.1, -0.05) is 15.9 Å². The summed E-state index contributed by atoms with van der Waals surface area (Å²) >= 11 is 4.24. The molecule has 7 nitrogen and oxygen atoms in total. The Morgan fingerprint density at radius 2 is 2.21 bits per heavy atom. The maximum absolute atomic E-state index is 12.8. The number of H-pyrrole nitrogens is 1. The average Bonchev–Trinajstić information content (AvgIpc) is 3.05. The maximum Gasteiger partial charge on any atom is 0.343 e. The second-order valence-corrected chi connectivity index (χ2v) is 6.92. The molecule has 0 radical (unpaired) electrons. The van der Waals surface area contributed by atoms with E-state index in [9.17, 15) is 14.7 Å². The predicted octanol–water partition coefficient (Wildman–Crippen LogP) is 2.83. The van der Waals surface area contributed by atoms with Crippen LogP contribution in [0.3, 0.4) is 0 Å². The molecule has 1 aliphatic rings. The zero-order valence-corrected chi connectivity index (χ0v) is 15.2. The van der Waals surface area contributed by atoms with Crippen LogP contribution in [-0.2, 0) is 9.59 Å². The number of aromatic nitrogens is 3. The number of thioether (sulfide) groups is 1. The number of nitrogens with one attached hydrogen (secondary N) is 1. The lowest BCUT2D eigenvalue weighted by Gasteiger charge is -2.13. The highest BCUT2D eigenvalue weighted by molar-refractivity contribution is 9.10. The SMILES string of the molecule is CCN1C(=O)C(=C(Sc2n[nH]c(C)n2)C(=O)O)c2cc(Br)ccc21. The van der Waals surface area contributed by atoms with Gasteiger partial charge < -0.3 is 10.0 Å². The van der Waals surface area contributed by atoms with E-state index in [-0.39, 0.29) is 21.5 Å². The third kappa shape index (κ3) is 2.84. The number of aromatic amines is 1. The molecule has 1 aliphatic heterocycles. The number of fused-ring (bicyclic) bond motifs is 1. The molecule has 1 aromatic heterocycles.